The van der Waals surface area contributed by atoms with Crippen molar-refractivity contribution in [2.24, 2.45) is 5.41 Å². The van der Waals surface area contributed by atoms with Crippen LogP contribution in [0.25, 0.3) is 0 Å². The summed E-state index contributed by atoms with van der Waals surface area (Å²) >= 11 is 6.07. The van der Waals surface area contributed by atoms with Crippen molar-refractivity contribution in [1.82, 2.24) is 5.32 Å². The van der Waals surface area contributed by atoms with Gasteiger partial charge in [-0.15, -0.1) is 11.6 Å². The summed E-state index contributed by atoms with van der Waals surface area (Å²) in [5, 5.41) is 3.04. The number of nitrogens with one attached hydrogen (secondary N) is 1. The molecular weight excluding hydrogens is 246 g/mol. The molecule has 0 heterocycles. The average molecular weight is 266 g/mol. The largest absolute Gasteiger partial charge is 0.351 e. The standard InChI is InChI=1S/C15H20ClNO/c1-12-5-4-6-13(9-12)14(18)17-11-15(10-16)7-2-3-8-15/h4-6,9H,2-3,7-8,10-11H2,1H3,(H,17,18). The Hall–Kier alpha value is -1.02. The first kappa shape index (κ1) is 13.4. The van der Waals surface area contributed by atoms with Crippen LogP contribution in [0, 0.1) is 12.3 Å². The summed E-state index contributed by atoms with van der Waals surface area (Å²) in [6.07, 6.45) is 4.72. The van der Waals surface area contributed by atoms with Gasteiger partial charge in [-0.3, -0.25) is 4.79 Å². The second-order valence-corrected chi connectivity index (χ2v) is 5.66. The summed E-state index contributed by atoms with van der Waals surface area (Å²) < 4.78 is 0. The molecule has 1 aromatic rings. The highest BCUT2D eigenvalue weighted by Gasteiger charge is 2.33. The summed E-state index contributed by atoms with van der Waals surface area (Å²) in [6, 6.07) is 7.67. The molecule has 1 amide bonds. The SMILES string of the molecule is Cc1cccc(C(=O)NCC2(CCl)CCCC2)c1. The van der Waals surface area contributed by atoms with E-state index in [1.54, 1.807) is 0 Å². The van der Waals surface area contributed by atoms with Gasteiger partial charge >= 0.3 is 0 Å². The van der Waals surface area contributed by atoms with Gasteiger partial charge in [0, 0.05) is 23.4 Å². The minimum absolute atomic E-state index is 0.00934. The monoisotopic (exact) mass is 265 g/mol. The van der Waals surface area contributed by atoms with Gasteiger partial charge in [0.1, 0.15) is 0 Å². The number of halogens is 1. The van der Waals surface area contributed by atoms with Crippen LogP contribution in [0.15, 0.2) is 24.3 Å². The molecule has 0 atom stereocenters. The Kier molecular flexibility index (Phi) is 4.28. The number of benzene rings is 1. The maximum Gasteiger partial charge on any atom is 0.251 e. The lowest BCUT2D eigenvalue weighted by Gasteiger charge is -2.26. The maximum atomic E-state index is 12.1. The van der Waals surface area contributed by atoms with E-state index in [-0.39, 0.29) is 11.3 Å². The molecule has 2 nitrogen and oxygen atoms in total. The Morgan fingerprint density at radius 3 is 2.72 bits per heavy atom. The lowest BCUT2D eigenvalue weighted by molar-refractivity contribution is 0.0935. The molecular formula is C15H20ClNO. The van der Waals surface area contributed by atoms with Crippen LogP contribution < -0.4 is 5.32 Å². The van der Waals surface area contributed by atoms with E-state index < -0.39 is 0 Å². The smallest absolute Gasteiger partial charge is 0.251 e. The van der Waals surface area contributed by atoms with Gasteiger partial charge in [0.2, 0.25) is 0 Å². The number of rotatable bonds is 4. The van der Waals surface area contributed by atoms with Crippen molar-refractivity contribution in [3.63, 3.8) is 0 Å². The Bertz CT molecular complexity index is 424. The number of carbonyl (C=O) groups excluding carboxylic acids is 1. The van der Waals surface area contributed by atoms with Crippen LogP contribution in [0.5, 0.6) is 0 Å². The fourth-order valence-electron chi connectivity index (χ4n) is 2.64. The number of alkyl halides is 1. The maximum absolute atomic E-state index is 12.1. The number of carbonyl (C=O) groups is 1. The molecule has 3 heteroatoms. The number of hydrogen-bond acceptors (Lipinski definition) is 1. The molecule has 1 saturated carbocycles. The van der Waals surface area contributed by atoms with Gasteiger partial charge in [0.25, 0.3) is 5.91 Å². The molecule has 0 aliphatic heterocycles. The summed E-state index contributed by atoms with van der Waals surface area (Å²) in [5.41, 5.74) is 1.97. The Morgan fingerprint density at radius 2 is 2.11 bits per heavy atom. The average Bonchev–Trinajstić information content (AvgIpc) is 2.85. The zero-order chi connectivity index (χ0) is 13.0. The number of amides is 1. The molecule has 1 aliphatic rings. The van der Waals surface area contributed by atoms with Gasteiger partial charge < -0.3 is 5.32 Å². The van der Waals surface area contributed by atoms with Gasteiger partial charge in [-0.1, -0.05) is 30.5 Å². The molecule has 18 heavy (non-hydrogen) atoms. The highest BCUT2D eigenvalue weighted by molar-refractivity contribution is 6.18. The second-order valence-electron chi connectivity index (χ2n) is 5.39. The van der Waals surface area contributed by atoms with E-state index in [0.29, 0.717) is 12.4 Å². The molecule has 0 bridgehead atoms. The first-order chi connectivity index (χ1) is 8.65. The van der Waals surface area contributed by atoms with Crippen molar-refractivity contribution >= 4 is 17.5 Å². The Labute approximate surface area is 114 Å². The normalized spacial score (nSPS) is 17.7. The van der Waals surface area contributed by atoms with Crippen molar-refractivity contribution in [1.29, 1.82) is 0 Å². The molecule has 0 unspecified atom stereocenters. The van der Waals surface area contributed by atoms with Gasteiger partial charge in [-0.05, 0) is 31.9 Å². The van der Waals surface area contributed by atoms with E-state index in [1.807, 2.05) is 31.2 Å². The van der Waals surface area contributed by atoms with Crippen LogP contribution in [0.2, 0.25) is 0 Å². The highest BCUT2D eigenvalue weighted by atomic mass is 35.5. The third-order valence-electron chi connectivity index (χ3n) is 3.85. The summed E-state index contributed by atoms with van der Waals surface area (Å²) in [6.45, 7) is 2.69. The van der Waals surface area contributed by atoms with Crippen LogP contribution in [-0.4, -0.2) is 18.3 Å². The summed E-state index contributed by atoms with van der Waals surface area (Å²) in [4.78, 5) is 12.1. The molecule has 98 valence electrons. The van der Waals surface area contributed by atoms with Gasteiger partial charge in [0.05, 0.1) is 0 Å². The quantitative estimate of drug-likeness (QED) is 0.829. The van der Waals surface area contributed by atoms with E-state index in [2.05, 4.69) is 5.32 Å². The van der Waals surface area contributed by atoms with Crippen molar-refractivity contribution in [3.05, 3.63) is 35.4 Å². The molecule has 1 aromatic carbocycles. The van der Waals surface area contributed by atoms with Crippen LogP contribution in [0.1, 0.15) is 41.6 Å². The lowest BCUT2D eigenvalue weighted by atomic mass is 9.88. The van der Waals surface area contributed by atoms with Crippen molar-refractivity contribution in [2.75, 3.05) is 12.4 Å². The number of aryl methyl sites for hydroxylation is 1. The zero-order valence-electron chi connectivity index (χ0n) is 10.8. The Balaban J connectivity index is 1.96. The fraction of sp³-hybridized carbons (Fsp3) is 0.533. The topological polar surface area (TPSA) is 29.1 Å². The molecule has 0 radical (unpaired) electrons. The van der Waals surface area contributed by atoms with Crippen molar-refractivity contribution in [3.8, 4) is 0 Å². The molecule has 0 spiro atoms. The molecule has 0 saturated heterocycles. The minimum Gasteiger partial charge on any atom is -0.351 e. The van der Waals surface area contributed by atoms with E-state index in [4.69, 9.17) is 11.6 Å². The number of hydrogen-bond donors (Lipinski definition) is 1. The van der Waals surface area contributed by atoms with Crippen molar-refractivity contribution < 1.29 is 4.79 Å². The Morgan fingerprint density at radius 1 is 1.39 bits per heavy atom. The van der Waals surface area contributed by atoms with E-state index >= 15 is 0 Å². The van der Waals surface area contributed by atoms with Crippen LogP contribution >= 0.6 is 11.6 Å². The van der Waals surface area contributed by atoms with E-state index in [1.165, 1.54) is 12.8 Å². The predicted molar refractivity (Wildman–Crippen MR) is 75.1 cm³/mol. The molecule has 0 aromatic heterocycles. The molecule has 1 N–H and O–H groups in total. The highest BCUT2D eigenvalue weighted by Crippen LogP contribution is 2.38. The molecule has 1 aliphatic carbocycles. The first-order valence-corrected chi connectivity index (χ1v) is 7.10. The third-order valence-corrected chi connectivity index (χ3v) is 4.42. The van der Waals surface area contributed by atoms with E-state index in [0.717, 1.165) is 24.0 Å². The van der Waals surface area contributed by atoms with Crippen LogP contribution in [0.4, 0.5) is 0 Å². The van der Waals surface area contributed by atoms with Crippen LogP contribution in [-0.2, 0) is 0 Å². The third kappa shape index (κ3) is 3.05. The van der Waals surface area contributed by atoms with Gasteiger partial charge in [-0.2, -0.15) is 0 Å². The van der Waals surface area contributed by atoms with Crippen LogP contribution in [0.3, 0.4) is 0 Å². The van der Waals surface area contributed by atoms with Gasteiger partial charge in [0.15, 0.2) is 0 Å². The molecule has 2 rings (SSSR count). The lowest BCUT2D eigenvalue weighted by Crippen LogP contribution is -2.37. The predicted octanol–water partition coefficient (Wildman–Crippen LogP) is 3.52. The summed E-state index contributed by atoms with van der Waals surface area (Å²) in [5.74, 6) is 0.649. The summed E-state index contributed by atoms with van der Waals surface area (Å²) in [7, 11) is 0. The van der Waals surface area contributed by atoms with E-state index in [9.17, 15) is 4.79 Å². The van der Waals surface area contributed by atoms with Gasteiger partial charge in [-0.25, -0.2) is 0 Å². The minimum atomic E-state index is 0.00934. The zero-order valence-corrected chi connectivity index (χ0v) is 11.6. The fourth-order valence-corrected chi connectivity index (χ4v) is 3.00. The second kappa shape index (κ2) is 5.75. The first-order valence-electron chi connectivity index (χ1n) is 6.56. The van der Waals surface area contributed by atoms with Crippen molar-refractivity contribution in [2.45, 2.75) is 32.6 Å². The molecule has 1 fully saturated rings.